The molecule has 2 aromatic rings. The lowest BCUT2D eigenvalue weighted by molar-refractivity contribution is -0.255. The first-order chi connectivity index (χ1) is 9.65. The predicted molar refractivity (Wildman–Crippen MR) is 74.5 cm³/mol. The molecule has 1 atom stereocenters. The number of hydrogen-bond acceptors (Lipinski definition) is 5. The SMILES string of the molecule is C[C@H]1CCCN(c2ncnc3cc(C(=O)[O-])ccc23)C1. The minimum absolute atomic E-state index is 0.147. The maximum absolute atomic E-state index is 10.9. The second kappa shape index (κ2) is 5.07. The Hall–Kier alpha value is -2.17. The van der Waals surface area contributed by atoms with E-state index >= 15 is 0 Å². The van der Waals surface area contributed by atoms with Crippen molar-refractivity contribution >= 4 is 22.7 Å². The molecule has 104 valence electrons. The first-order valence-corrected chi connectivity index (χ1v) is 6.86. The van der Waals surface area contributed by atoms with Gasteiger partial charge in [-0.05, 0) is 36.5 Å². The highest BCUT2D eigenvalue weighted by molar-refractivity contribution is 5.95. The molecule has 0 N–H and O–H groups in total. The third kappa shape index (κ3) is 2.31. The van der Waals surface area contributed by atoms with E-state index < -0.39 is 5.97 Å². The maximum atomic E-state index is 10.9. The van der Waals surface area contributed by atoms with Gasteiger partial charge in [0.15, 0.2) is 0 Å². The van der Waals surface area contributed by atoms with Crippen molar-refractivity contribution in [2.75, 3.05) is 18.0 Å². The first kappa shape index (κ1) is 12.8. The topological polar surface area (TPSA) is 69.2 Å². The number of carboxylic acids is 1. The molecule has 2 heterocycles. The minimum atomic E-state index is -1.18. The summed E-state index contributed by atoms with van der Waals surface area (Å²) in [6.45, 7) is 4.21. The van der Waals surface area contributed by atoms with Crippen LogP contribution in [0.2, 0.25) is 0 Å². The number of hydrogen-bond donors (Lipinski definition) is 0. The molecule has 0 saturated carbocycles. The van der Waals surface area contributed by atoms with E-state index in [2.05, 4.69) is 21.8 Å². The lowest BCUT2D eigenvalue weighted by Gasteiger charge is -2.32. The Morgan fingerprint density at radius 1 is 1.40 bits per heavy atom. The van der Waals surface area contributed by atoms with E-state index in [1.54, 1.807) is 18.2 Å². The number of piperidine rings is 1. The molecule has 0 spiro atoms. The first-order valence-electron chi connectivity index (χ1n) is 6.86. The van der Waals surface area contributed by atoms with Gasteiger partial charge in [-0.1, -0.05) is 13.0 Å². The van der Waals surface area contributed by atoms with E-state index in [4.69, 9.17) is 0 Å². The zero-order valence-electron chi connectivity index (χ0n) is 11.4. The monoisotopic (exact) mass is 270 g/mol. The fourth-order valence-electron chi connectivity index (χ4n) is 2.80. The largest absolute Gasteiger partial charge is 0.545 e. The van der Waals surface area contributed by atoms with Gasteiger partial charge in [0.2, 0.25) is 0 Å². The second-order valence-corrected chi connectivity index (χ2v) is 5.41. The highest BCUT2D eigenvalue weighted by Crippen LogP contribution is 2.27. The third-order valence-corrected chi connectivity index (χ3v) is 3.81. The summed E-state index contributed by atoms with van der Waals surface area (Å²) >= 11 is 0. The van der Waals surface area contributed by atoms with Gasteiger partial charge in [-0.3, -0.25) is 0 Å². The summed E-state index contributed by atoms with van der Waals surface area (Å²) in [7, 11) is 0. The van der Waals surface area contributed by atoms with Crippen LogP contribution in [-0.2, 0) is 0 Å². The van der Waals surface area contributed by atoms with Gasteiger partial charge in [-0.15, -0.1) is 0 Å². The molecule has 1 aromatic heterocycles. The summed E-state index contributed by atoms with van der Waals surface area (Å²) in [6.07, 6.45) is 3.90. The molecule has 5 heteroatoms. The van der Waals surface area contributed by atoms with E-state index in [0.29, 0.717) is 11.4 Å². The number of fused-ring (bicyclic) bond motifs is 1. The minimum Gasteiger partial charge on any atom is -0.545 e. The van der Waals surface area contributed by atoms with Crippen LogP contribution in [0.1, 0.15) is 30.1 Å². The molecule has 1 aliphatic rings. The summed E-state index contributed by atoms with van der Waals surface area (Å²) in [4.78, 5) is 21.7. The smallest absolute Gasteiger partial charge is 0.139 e. The van der Waals surface area contributed by atoms with Gasteiger partial charge in [0.1, 0.15) is 12.1 Å². The lowest BCUT2D eigenvalue weighted by Crippen LogP contribution is -2.35. The van der Waals surface area contributed by atoms with Crippen molar-refractivity contribution in [3.05, 3.63) is 30.1 Å². The Morgan fingerprint density at radius 2 is 2.25 bits per heavy atom. The molecule has 0 aliphatic carbocycles. The van der Waals surface area contributed by atoms with Crippen molar-refractivity contribution in [3.8, 4) is 0 Å². The van der Waals surface area contributed by atoms with Gasteiger partial charge in [0.25, 0.3) is 0 Å². The van der Waals surface area contributed by atoms with Crippen LogP contribution < -0.4 is 10.0 Å². The van der Waals surface area contributed by atoms with Crippen LogP contribution in [0.25, 0.3) is 10.9 Å². The van der Waals surface area contributed by atoms with Crippen LogP contribution in [-0.4, -0.2) is 29.0 Å². The summed E-state index contributed by atoms with van der Waals surface area (Å²) < 4.78 is 0. The van der Waals surface area contributed by atoms with Gasteiger partial charge >= 0.3 is 0 Å². The third-order valence-electron chi connectivity index (χ3n) is 3.81. The molecule has 1 aromatic carbocycles. The van der Waals surface area contributed by atoms with Crippen molar-refractivity contribution < 1.29 is 9.90 Å². The van der Waals surface area contributed by atoms with E-state index in [1.807, 2.05) is 0 Å². The molecule has 1 aliphatic heterocycles. The standard InChI is InChI=1S/C15H17N3O2/c1-10-3-2-6-18(8-10)14-12-5-4-11(15(19)20)7-13(12)16-9-17-14/h4-5,7,9-10H,2-3,6,8H2,1H3,(H,19,20)/p-1/t10-/m0/s1. The van der Waals surface area contributed by atoms with Crippen molar-refractivity contribution in [2.45, 2.75) is 19.8 Å². The van der Waals surface area contributed by atoms with Gasteiger partial charge in [-0.25, -0.2) is 9.97 Å². The maximum Gasteiger partial charge on any atom is 0.139 e. The van der Waals surface area contributed by atoms with Crippen LogP contribution in [0, 0.1) is 5.92 Å². The molecule has 5 nitrogen and oxygen atoms in total. The van der Waals surface area contributed by atoms with Gasteiger partial charge in [-0.2, -0.15) is 0 Å². The Kier molecular flexibility index (Phi) is 3.26. The van der Waals surface area contributed by atoms with Crippen LogP contribution in [0.4, 0.5) is 5.82 Å². The molecular formula is C15H16N3O2-. The molecule has 0 bridgehead atoms. The number of aromatic nitrogens is 2. The number of anilines is 1. The summed E-state index contributed by atoms with van der Waals surface area (Å²) in [5.41, 5.74) is 0.795. The number of rotatable bonds is 2. The van der Waals surface area contributed by atoms with E-state index in [-0.39, 0.29) is 5.56 Å². The van der Waals surface area contributed by atoms with Gasteiger partial charge < -0.3 is 14.8 Å². The molecule has 20 heavy (non-hydrogen) atoms. The molecule has 0 unspecified atom stereocenters. The van der Waals surface area contributed by atoms with E-state index in [9.17, 15) is 9.90 Å². The predicted octanol–water partition coefficient (Wildman–Crippen LogP) is 1.23. The van der Waals surface area contributed by atoms with E-state index in [0.717, 1.165) is 30.7 Å². The van der Waals surface area contributed by atoms with Crippen LogP contribution in [0.5, 0.6) is 0 Å². The molecule has 1 fully saturated rings. The fourth-order valence-corrected chi connectivity index (χ4v) is 2.80. The molecular weight excluding hydrogens is 254 g/mol. The van der Waals surface area contributed by atoms with Crippen molar-refractivity contribution in [2.24, 2.45) is 5.92 Å². The number of carboxylic acid groups (broad SMARTS) is 1. The number of nitrogens with zero attached hydrogens (tertiary/aromatic N) is 3. The zero-order chi connectivity index (χ0) is 14.1. The quantitative estimate of drug-likeness (QED) is 0.821. The fraction of sp³-hybridized carbons (Fsp3) is 0.400. The normalized spacial score (nSPS) is 19.2. The second-order valence-electron chi connectivity index (χ2n) is 5.41. The number of benzene rings is 1. The lowest BCUT2D eigenvalue weighted by atomic mass is 10.00. The van der Waals surface area contributed by atoms with Gasteiger partial charge in [0.05, 0.1) is 11.5 Å². The highest BCUT2D eigenvalue weighted by Gasteiger charge is 2.19. The average Bonchev–Trinajstić information content (AvgIpc) is 2.46. The molecule has 0 radical (unpaired) electrons. The van der Waals surface area contributed by atoms with Gasteiger partial charge in [0, 0.05) is 18.5 Å². The number of carbonyl (C=O) groups excluding carboxylic acids is 1. The summed E-state index contributed by atoms with van der Waals surface area (Å²) in [6, 6.07) is 4.87. The van der Waals surface area contributed by atoms with Crippen LogP contribution in [0.15, 0.2) is 24.5 Å². The highest BCUT2D eigenvalue weighted by atomic mass is 16.4. The summed E-state index contributed by atoms with van der Waals surface area (Å²) in [5, 5.41) is 11.8. The van der Waals surface area contributed by atoms with Crippen molar-refractivity contribution in [1.82, 2.24) is 9.97 Å². The number of carbonyl (C=O) groups is 1. The Morgan fingerprint density at radius 3 is 3.00 bits per heavy atom. The average molecular weight is 270 g/mol. The summed E-state index contributed by atoms with van der Waals surface area (Å²) in [5.74, 6) is 0.362. The zero-order valence-corrected chi connectivity index (χ0v) is 11.4. The molecule has 1 saturated heterocycles. The van der Waals surface area contributed by atoms with Crippen LogP contribution in [0.3, 0.4) is 0 Å². The van der Waals surface area contributed by atoms with E-state index in [1.165, 1.54) is 12.7 Å². The Bertz CT molecular complexity index is 657. The Balaban J connectivity index is 2.05. The Labute approximate surface area is 117 Å². The van der Waals surface area contributed by atoms with Crippen molar-refractivity contribution in [1.29, 1.82) is 0 Å². The molecule has 0 amide bonds. The number of aromatic carboxylic acids is 1. The van der Waals surface area contributed by atoms with Crippen LogP contribution >= 0.6 is 0 Å². The van der Waals surface area contributed by atoms with Crippen molar-refractivity contribution in [3.63, 3.8) is 0 Å². The molecule has 3 rings (SSSR count).